The van der Waals surface area contributed by atoms with Crippen LogP contribution in [0.3, 0.4) is 0 Å². The fraction of sp³-hybridized carbons (Fsp3) is 0.417. The van der Waals surface area contributed by atoms with Crippen molar-refractivity contribution in [2.45, 2.75) is 0 Å². The van der Waals surface area contributed by atoms with Gasteiger partial charge in [-0.3, -0.25) is 9.69 Å². The average molecular weight is 273 g/mol. The van der Waals surface area contributed by atoms with Gasteiger partial charge in [-0.25, -0.2) is 4.39 Å². The maximum absolute atomic E-state index is 12.8. The minimum atomic E-state index is -0.438. The third-order valence-electron chi connectivity index (χ3n) is 2.86. The van der Waals surface area contributed by atoms with Crippen molar-refractivity contribution in [3.05, 3.63) is 29.0 Å². The summed E-state index contributed by atoms with van der Waals surface area (Å²) in [5.74, 6) is -0.362. The van der Waals surface area contributed by atoms with Crippen molar-refractivity contribution < 1.29 is 14.3 Å². The third-order valence-corrected chi connectivity index (χ3v) is 3.18. The van der Waals surface area contributed by atoms with Crippen LogP contribution in [0.4, 0.5) is 10.1 Å². The minimum Gasteiger partial charge on any atom is -0.396 e. The van der Waals surface area contributed by atoms with Crippen LogP contribution in [0, 0.1) is 11.7 Å². The summed E-state index contributed by atoms with van der Waals surface area (Å²) in [5, 5.41) is 11.7. The van der Waals surface area contributed by atoms with Gasteiger partial charge in [0.1, 0.15) is 5.82 Å². The van der Waals surface area contributed by atoms with Crippen LogP contribution in [0.2, 0.25) is 5.02 Å². The normalized spacial score (nSPS) is 16.4. The zero-order valence-electron chi connectivity index (χ0n) is 9.70. The van der Waals surface area contributed by atoms with Gasteiger partial charge in [0.2, 0.25) is 5.91 Å². The molecule has 1 heterocycles. The average Bonchev–Trinajstić information content (AvgIpc) is 2.27. The molecule has 1 aliphatic rings. The predicted octanol–water partition coefficient (Wildman–Crippen LogP) is 1.34. The number of nitrogens with one attached hydrogen (secondary N) is 1. The van der Waals surface area contributed by atoms with Crippen LogP contribution in [0.1, 0.15) is 0 Å². The SMILES string of the molecule is O=C(CN1CC(CO)C1)Nc1ccc(F)cc1Cl. The first-order valence-corrected chi connectivity index (χ1v) is 6.04. The lowest BCUT2D eigenvalue weighted by atomic mass is 10.0. The van der Waals surface area contributed by atoms with Gasteiger partial charge in [-0.15, -0.1) is 0 Å². The van der Waals surface area contributed by atoms with Gasteiger partial charge in [-0.05, 0) is 18.2 Å². The topological polar surface area (TPSA) is 52.6 Å². The third kappa shape index (κ3) is 3.19. The summed E-state index contributed by atoms with van der Waals surface area (Å²) in [7, 11) is 0. The fourth-order valence-electron chi connectivity index (χ4n) is 1.91. The molecule has 0 spiro atoms. The van der Waals surface area contributed by atoms with Gasteiger partial charge in [0.05, 0.1) is 17.3 Å². The summed E-state index contributed by atoms with van der Waals surface area (Å²) in [6.07, 6.45) is 0. The Morgan fingerprint density at radius 3 is 2.89 bits per heavy atom. The number of amides is 1. The Morgan fingerprint density at radius 2 is 2.28 bits per heavy atom. The summed E-state index contributed by atoms with van der Waals surface area (Å²) in [5.41, 5.74) is 0.405. The molecule has 0 saturated carbocycles. The molecule has 98 valence electrons. The number of aliphatic hydroxyl groups excluding tert-OH is 1. The Bertz CT molecular complexity index is 450. The number of nitrogens with zero attached hydrogens (tertiary/aromatic N) is 1. The van der Waals surface area contributed by atoms with Gasteiger partial charge in [-0.1, -0.05) is 11.6 Å². The van der Waals surface area contributed by atoms with Gasteiger partial charge in [0.25, 0.3) is 0 Å². The molecule has 0 atom stereocenters. The molecule has 2 N–H and O–H groups in total. The Kier molecular flexibility index (Phi) is 4.16. The van der Waals surface area contributed by atoms with Crippen LogP contribution in [0.15, 0.2) is 18.2 Å². The number of likely N-dealkylation sites (tertiary alicyclic amines) is 1. The number of carbonyl (C=O) groups is 1. The molecule has 1 fully saturated rings. The minimum absolute atomic E-state index is 0.155. The second kappa shape index (κ2) is 5.65. The van der Waals surface area contributed by atoms with E-state index in [9.17, 15) is 9.18 Å². The molecule has 0 unspecified atom stereocenters. The molecule has 2 rings (SSSR count). The van der Waals surface area contributed by atoms with Crippen LogP contribution in [-0.4, -0.2) is 42.2 Å². The lowest BCUT2D eigenvalue weighted by Crippen LogP contribution is -2.51. The molecular formula is C12H14ClFN2O2. The van der Waals surface area contributed by atoms with Crippen molar-refractivity contribution in [2.75, 3.05) is 31.6 Å². The zero-order chi connectivity index (χ0) is 13.1. The van der Waals surface area contributed by atoms with Crippen molar-refractivity contribution in [1.82, 2.24) is 4.90 Å². The quantitative estimate of drug-likeness (QED) is 0.870. The standard InChI is InChI=1S/C12H14ClFN2O2/c13-10-3-9(14)1-2-11(10)15-12(18)6-16-4-8(5-16)7-17/h1-3,8,17H,4-7H2,(H,15,18). The molecule has 1 saturated heterocycles. The molecule has 1 aromatic carbocycles. The Morgan fingerprint density at radius 1 is 1.56 bits per heavy atom. The van der Waals surface area contributed by atoms with E-state index in [2.05, 4.69) is 5.32 Å². The molecule has 0 bridgehead atoms. The molecule has 6 heteroatoms. The zero-order valence-corrected chi connectivity index (χ0v) is 10.5. The van der Waals surface area contributed by atoms with E-state index in [1.165, 1.54) is 12.1 Å². The second-order valence-electron chi connectivity index (χ2n) is 4.42. The number of aliphatic hydroxyl groups is 1. The van der Waals surface area contributed by atoms with Crippen molar-refractivity contribution in [1.29, 1.82) is 0 Å². The molecule has 1 aromatic rings. The predicted molar refractivity (Wildman–Crippen MR) is 67.1 cm³/mol. The van der Waals surface area contributed by atoms with Crippen LogP contribution in [0.5, 0.6) is 0 Å². The maximum Gasteiger partial charge on any atom is 0.238 e. The highest BCUT2D eigenvalue weighted by atomic mass is 35.5. The first kappa shape index (κ1) is 13.3. The van der Waals surface area contributed by atoms with Crippen LogP contribution in [-0.2, 0) is 4.79 Å². The Balaban J connectivity index is 1.84. The van der Waals surface area contributed by atoms with Crippen molar-refractivity contribution in [3.63, 3.8) is 0 Å². The molecule has 1 aliphatic heterocycles. The van der Waals surface area contributed by atoms with Crippen LogP contribution < -0.4 is 5.32 Å². The van der Waals surface area contributed by atoms with Crippen molar-refractivity contribution in [3.8, 4) is 0 Å². The van der Waals surface area contributed by atoms with E-state index < -0.39 is 5.82 Å². The number of carbonyl (C=O) groups excluding carboxylic acids is 1. The molecular weight excluding hydrogens is 259 g/mol. The summed E-state index contributed by atoms with van der Waals surface area (Å²) in [4.78, 5) is 13.6. The summed E-state index contributed by atoms with van der Waals surface area (Å²) in [6, 6.07) is 3.83. The lowest BCUT2D eigenvalue weighted by molar-refractivity contribution is -0.119. The summed E-state index contributed by atoms with van der Waals surface area (Å²) >= 11 is 5.80. The Hall–Kier alpha value is -1.17. The molecule has 1 amide bonds. The van der Waals surface area contributed by atoms with E-state index >= 15 is 0 Å². The second-order valence-corrected chi connectivity index (χ2v) is 4.82. The van der Waals surface area contributed by atoms with E-state index in [0.717, 1.165) is 19.2 Å². The highest BCUT2D eigenvalue weighted by molar-refractivity contribution is 6.33. The van der Waals surface area contributed by atoms with E-state index in [4.69, 9.17) is 16.7 Å². The first-order valence-electron chi connectivity index (χ1n) is 5.66. The monoisotopic (exact) mass is 272 g/mol. The van der Waals surface area contributed by atoms with E-state index in [1.807, 2.05) is 4.90 Å². The maximum atomic E-state index is 12.8. The van der Waals surface area contributed by atoms with Gasteiger partial charge in [0, 0.05) is 25.6 Å². The van der Waals surface area contributed by atoms with Gasteiger partial charge >= 0.3 is 0 Å². The molecule has 0 aliphatic carbocycles. The summed E-state index contributed by atoms with van der Waals surface area (Å²) in [6.45, 7) is 1.86. The van der Waals surface area contributed by atoms with Crippen LogP contribution in [0.25, 0.3) is 0 Å². The van der Waals surface area contributed by atoms with Crippen molar-refractivity contribution >= 4 is 23.2 Å². The van der Waals surface area contributed by atoms with E-state index in [0.29, 0.717) is 5.69 Å². The highest BCUT2D eigenvalue weighted by Crippen LogP contribution is 2.22. The van der Waals surface area contributed by atoms with E-state index in [-0.39, 0.29) is 30.0 Å². The van der Waals surface area contributed by atoms with Crippen LogP contribution >= 0.6 is 11.6 Å². The van der Waals surface area contributed by atoms with Gasteiger partial charge in [-0.2, -0.15) is 0 Å². The number of hydrogen-bond acceptors (Lipinski definition) is 3. The lowest BCUT2D eigenvalue weighted by Gasteiger charge is -2.37. The molecule has 0 aromatic heterocycles. The van der Waals surface area contributed by atoms with E-state index in [1.54, 1.807) is 0 Å². The smallest absolute Gasteiger partial charge is 0.238 e. The van der Waals surface area contributed by atoms with Gasteiger partial charge < -0.3 is 10.4 Å². The number of anilines is 1. The Labute approximate surface area is 109 Å². The summed E-state index contributed by atoms with van der Waals surface area (Å²) < 4.78 is 12.8. The largest absolute Gasteiger partial charge is 0.396 e. The fourth-order valence-corrected chi connectivity index (χ4v) is 2.12. The van der Waals surface area contributed by atoms with Crippen molar-refractivity contribution in [2.24, 2.45) is 5.92 Å². The number of halogens is 2. The number of rotatable bonds is 4. The number of hydrogen-bond donors (Lipinski definition) is 2. The first-order chi connectivity index (χ1) is 8.58. The highest BCUT2D eigenvalue weighted by Gasteiger charge is 2.27. The molecule has 0 radical (unpaired) electrons. The molecule has 4 nitrogen and oxygen atoms in total. The number of benzene rings is 1. The van der Waals surface area contributed by atoms with Gasteiger partial charge in [0.15, 0.2) is 0 Å². The molecule has 18 heavy (non-hydrogen) atoms.